The van der Waals surface area contributed by atoms with E-state index in [1.807, 2.05) is 29.2 Å². The molecule has 0 unspecified atom stereocenters. The number of hydrogen-bond acceptors (Lipinski definition) is 2. The van der Waals surface area contributed by atoms with Crippen molar-refractivity contribution in [3.63, 3.8) is 0 Å². The van der Waals surface area contributed by atoms with Crippen LogP contribution in [0, 0.1) is 5.92 Å². The maximum atomic E-state index is 12.3. The number of piperidine rings is 1. The molecule has 1 aliphatic heterocycles. The molecule has 1 aromatic rings. The molecule has 1 N–H and O–H groups in total. The van der Waals surface area contributed by atoms with Crippen LogP contribution in [0.25, 0.3) is 0 Å². The third-order valence-corrected chi connectivity index (χ3v) is 4.39. The number of benzene rings is 1. The van der Waals surface area contributed by atoms with Crippen LogP contribution in [0.1, 0.15) is 25.3 Å². The van der Waals surface area contributed by atoms with Gasteiger partial charge in [0.1, 0.15) is 0 Å². The minimum atomic E-state index is 0.255. The molecule has 1 aromatic carbocycles. The van der Waals surface area contributed by atoms with E-state index in [1.165, 1.54) is 0 Å². The number of hydrogen-bond donors (Lipinski definition) is 1. The Labute approximate surface area is 129 Å². The molecule has 110 valence electrons. The number of carbonyl (C=O) groups is 1. The van der Waals surface area contributed by atoms with Gasteiger partial charge in [0.15, 0.2) is 0 Å². The Morgan fingerprint density at radius 1 is 1.40 bits per heavy atom. The molecular formula is C16H23BrN2O. The van der Waals surface area contributed by atoms with Crippen molar-refractivity contribution in [2.24, 2.45) is 5.92 Å². The summed E-state index contributed by atoms with van der Waals surface area (Å²) < 4.78 is 1.03. The Kier molecular flexibility index (Phi) is 6.05. The predicted molar refractivity (Wildman–Crippen MR) is 85.7 cm³/mol. The molecule has 0 bridgehead atoms. The summed E-state index contributed by atoms with van der Waals surface area (Å²) in [6.07, 6.45) is 2.76. The minimum absolute atomic E-state index is 0.255. The number of amides is 1. The summed E-state index contributed by atoms with van der Waals surface area (Å²) in [5.74, 6) is 0.981. The molecule has 0 radical (unpaired) electrons. The minimum Gasteiger partial charge on any atom is -0.342 e. The molecule has 4 heteroatoms. The van der Waals surface area contributed by atoms with Crippen molar-refractivity contribution in [2.45, 2.75) is 26.2 Å². The standard InChI is InChI=1S/C16H23BrN2O/c1-2-18-12-13-6-8-19(9-7-13)16(20)11-14-4-3-5-15(17)10-14/h3-5,10,13,18H,2,6-9,11-12H2,1H3. The lowest BCUT2D eigenvalue weighted by molar-refractivity contribution is -0.131. The highest BCUT2D eigenvalue weighted by atomic mass is 79.9. The van der Waals surface area contributed by atoms with Gasteiger partial charge >= 0.3 is 0 Å². The zero-order valence-corrected chi connectivity index (χ0v) is 13.7. The summed E-state index contributed by atoms with van der Waals surface area (Å²) in [6, 6.07) is 8.01. The number of nitrogens with zero attached hydrogens (tertiary/aromatic N) is 1. The van der Waals surface area contributed by atoms with Crippen molar-refractivity contribution in [3.8, 4) is 0 Å². The molecule has 0 aromatic heterocycles. The maximum absolute atomic E-state index is 12.3. The van der Waals surface area contributed by atoms with Crippen LogP contribution in [0.5, 0.6) is 0 Å². The molecule has 3 nitrogen and oxygen atoms in total. The molecule has 20 heavy (non-hydrogen) atoms. The molecule has 0 atom stereocenters. The molecule has 0 spiro atoms. The maximum Gasteiger partial charge on any atom is 0.226 e. The fourth-order valence-corrected chi connectivity index (χ4v) is 3.11. The predicted octanol–water partition coefficient (Wildman–Crippen LogP) is 2.84. The summed E-state index contributed by atoms with van der Waals surface area (Å²) in [7, 11) is 0. The topological polar surface area (TPSA) is 32.3 Å². The Balaban J connectivity index is 1.80. The van der Waals surface area contributed by atoms with Crippen LogP contribution in [0.3, 0.4) is 0 Å². The van der Waals surface area contributed by atoms with Crippen molar-refractivity contribution in [1.29, 1.82) is 0 Å². The van der Waals surface area contributed by atoms with Crippen LogP contribution < -0.4 is 5.32 Å². The van der Waals surface area contributed by atoms with E-state index in [0.29, 0.717) is 6.42 Å². The Morgan fingerprint density at radius 2 is 2.15 bits per heavy atom. The summed E-state index contributed by atoms with van der Waals surface area (Å²) in [6.45, 7) is 6.06. The van der Waals surface area contributed by atoms with Gasteiger partial charge in [-0.3, -0.25) is 4.79 Å². The first-order chi connectivity index (χ1) is 9.69. The molecule has 1 heterocycles. The number of rotatable bonds is 5. The Morgan fingerprint density at radius 3 is 2.80 bits per heavy atom. The molecular weight excluding hydrogens is 316 g/mol. The summed E-state index contributed by atoms with van der Waals surface area (Å²) in [4.78, 5) is 14.3. The Bertz CT molecular complexity index is 442. The van der Waals surface area contributed by atoms with E-state index in [1.54, 1.807) is 0 Å². The largest absolute Gasteiger partial charge is 0.342 e. The number of nitrogens with one attached hydrogen (secondary N) is 1. The van der Waals surface area contributed by atoms with Gasteiger partial charge < -0.3 is 10.2 Å². The van der Waals surface area contributed by atoms with Gasteiger partial charge in [-0.25, -0.2) is 0 Å². The first-order valence-electron chi connectivity index (χ1n) is 7.42. The van der Waals surface area contributed by atoms with Crippen LogP contribution in [-0.4, -0.2) is 37.0 Å². The highest BCUT2D eigenvalue weighted by Crippen LogP contribution is 2.18. The molecule has 1 amide bonds. The van der Waals surface area contributed by atoms with E-state index >= 15 is 0 Å². The third-order valence-electron chi connectivity index (χ3n) is 3.89. The summed E-state index contributed by atoms with van der Waals surface area (Å²) >= 11 is 3.45. The second-order valence-corrected chi connectivity index (χ2v) is 6.35. The summed E-state index contributed by atoms with van der Waals surface area (Å²) in [5.41, 5.74) is 1.08. The smallest absolute Gasteiger partial charge is 0.226 e. The zero-order chi connectivity index (χ0) is 14.4. The average molecular weight is 339 g/mol. The number of likely N-dealkylation sites (tertiary alicyclic amines) is 1. The van der Waals surface area contributed by atoms with Gasteiger partial charge in [-0.15, -0.1) is 0 Å². The molecule has 0 aliphatic carbocycles. The van der Waals surface area contributed by atoms with Gasteiger partial charge in [-0.2, -0.15) is 0 Å². The molecule has 1 fully saturated rings. The first-order valence-corrected chi connectivity index (χ1v) is 8.21. The van der Waals surface area contributed by atoms with Gasteiger partial charge in [0.25, 0.3) is 0 Å². The Hall–Kier alpha value is -0.870. The van der Waals surface area contributed by atoms with Crippen LogP contribution in [0.4, 0.5) is 0 Å². The molecule has 1 aliphatic rings. The second kappa shape index (κ2) is 7.79. The normalized spacial score (nSPS) is 16.4. The van der Waals surface area contributed by atoms with Crippen LogP contribution in [-0.2, 0) is 11.2 Å². The number of halogens is 1. The highest BCUT2D eigenvalue weighted by Gasteiger charge is 2.22. The van der Waals surface area contributed by atoms with Crippen molar-refractivity contribution >= 4 is 21.8 Å². The van der Waals surface area contributed by atoms with Gasteiger partial charge in [-0.1, -0.05) is 35.0 Å². The molecule has 0 saturated carbocycles. The lowest BCUT2D eigenvalue weighted by Gasteiger charge is -2.32. The van der Waals surface area contributed by atoms with Gasteiger partial charge in [0.2, 0.25) is 5.91 Å². The van der Waals surface area contributed by atoms with Crippen molar-refractivity contribution in [2.75, 3.05) is 26.2 Å². The van der Waals surface area contributed by atoms with Crippen LogP contribution >= 0.6 is 15.9 Å². The monoisotopic (exact) mass is 338 g/mol. The fourth-order valence-electron chi connectivity index (χ4n) is 2.67. The van der Waals surface area contributed by atoms with E-state index in [-0.39, 0.29) is 5.91 Å². The summed E-state index contributed by atoms with van der Waals surface area (Å²) in [5, 5.41) is 3.40. The van der Waals surface area contributed by atoms with E-state index in [2.05, 4.69) is 28.2 Å². The van der Waals surface area contributed by atoms with E-state index < -0.39 is 0 Å². The zero-order valence-electron chi connectivity index (χ0n) is 12.1. The first kappa shape index (κ1) is 15.5. The van der Waals surface area contributed by atoms with E-state index in [0.717, 1.165) is 55.0 Å². The molecule has 2 rings (SSSR count). The van der Waals surface area contributed by atoms with Crippen molar-refractivity contribution in [1.82, 2.24) is 10.2 Å². The second-order valence-electron chi connectivity index (χ2n) is 5.44. The quantitative estimate of drug-likeness (QED) is 0.895. The van der Waals surface area contributed by atoms with Gasteiger partial charge in [0.05, 0.1) is 6.42 Å². The fraction of sp³-hybridized carbons (Fsp3) is 0.562. The van der Waals surface area contributed by atoms with Crippen LogP contribution in [0.15, 0.2) is 28.7 Å². The SMILES string of the molecule is CCNCC1CCN(C(=O)Cc2cccc(Br)c2)CC1. The third kappa shape index (κ3) is 4.60. The van der Waals surface area contributed by atoms with Crippen molar-refractivity contribution < 1.29 is 4.79 Å². The van der Waals surface area contributed by atoms with E-state index in [4.69, 9.17) is 0 Å². The average Bonchev–Trinajstić information content (AvgIpc) is 2.45. The highest BCUT2D eigenvalue weighted by molar-refractivity contribution is 9.10. The van der Waals surface area contributed by atoms with Crippen molar-refractivity contribution in [3.05, 3.63) is 34.3 Å². The lowest BCUT2D eigenvalue weighted by atomic mass is 9.96. The molecule has 1 saturated heterocycles. The number of carbonyl (C=O) groups excluding carboxylic acids is 1. The lowest BCUT2D eigenvalue weighted by Crippen LogP contribution is -2.41. The van der Waals surface area contributed by atoms with E-state index in [9.17, 15) is 4.79 Å². The van der Waals surface area contributed by atoms with Gasteiger partial charge in [-0.05, 0) is 49.5 Å². The van der Waals surface area contributed by atoms with Gasteiger partial charge in [0, 0.05) is 17.6 Å². The van der Waals surface area contributed by atoms with Crippen LogP contribution in [0.2, 0.25) is 0 Å².